The fourth-order valence-corrected chi connectivity index (χ4v) is 3.33. The van der Waals surface area contributed by atoms with E-state index in [9.17, 15) is 9.59 Å². The number of hydrogen-bond acceptors (Lipinski definition) is 4. The molecule has 0 saturated carbocycles. The van der Waals surface area contributed by atoms with E-state index in [1.807, 2.05) is 24.3 Å². The molecule has 6 nitrogen and oxygen atoms in total. The molecule has 1 aromatic carbocycles. The molecule has 1 fully saturated rings. The predicted molar refractivity (Wildman–Crippen MR) is 108 cm³/mol. The Bertz CT molecular complexity index is 785. The molecule has 6 heteroatoms. The summed E-state index contributed by atoms with van der Waals surface area (Å²) in [5.74, 6) is 0.523. The second-order valence-electron chi connectivity index (χ2n) is 7.56. The second kappa shape index (κ2) is 9.55. The minimum absolute atomic E-state index is 0.119. The van der Waals surface area contributed by atoms with Crippen LogP contribution in [0, 0.1) is 0 Å². The standard InChI is InChI=1S/C22H29N3O3/c1-16(2)25(14-17-8-4-3-5-9-17)15-18-11-12-20(28-18)22(27)24-19-10-6-7-13-23-21(19)26/h3-5,8-9,11-12,16,19H,6-7,10,13-15H2,1-2H3,(H,23,26)(H,24,27). The van der Waals surface area contributed by atoms with Crippen molar-refractivity contribution in [2.75, 3.05) is 6.54 Å². The van der Waals surface area contributed by atoms with Crippen molar-refractivity contribution in [3.63, 3.8) is 0 Å². The number of carbonyl (C=O) groups excluding carboxylic acids is 2. The topological polar surface area (TPSA) is 74.6 Å². The molecule has 1 aliphatic heterocycles. The minimum atomic E-state index is -0.492. The lowest BCUT2D eigenvalue weighted by Gasteiger charge is -2.25. The van der Waals surface area contributed by atoms with Gasteiger partial charge in [-0.1, -0.05) is 30.3 Å². The number of rotatable bonds is 7. The van der Waals surface area contributed by atoms with Gasteiger partial charge >= 0.3 is 0 Å². The van der Waals surface area contributed by atoms with E-state index >= 15 is 0 Å². The number of amides is 2. The van der Waals surface area contributed by atoms with Crippen LogP contribution in [0.3, 0.4) is 0 Å². The Balaban J connectivity index is 1.61. The molecule has 3 rings (SSSR count). The Hall–Kier alpha value is -2.60. The lowest BCUT2D eigenvalue weighted by Crippen LogP contribution is -2.45. The van der Waals surface area contributed by atoms with E-state index in [1.165, 1.54) is 5.56 Å². The molecular weight excluding hydrogens is 354 g/mol. The van der Waals surface area contributed by atoms with Crippen LogP contribution in [0.1, 0.15) is 55.0 Å². The summed E-state index contributed by atoms with van der Waals surface area (Å²) in [6.07, 6.45) is 2.51. The number of benzene rings is 1. The molecule has 1 atom stereocenters. The SMILES string of the molecule is CC(C)N(Cc1ccccc1)Cc1ccc(C(=O)NC2CCCCNC2=O)o1. The van der Waals surface area contributed by atoms with Gasteiger partial charge in [-0.3, -0.25) is 14.5 Å². The Kier molecular flexibility index (Phi) is 6.87. The summed E-state index contributed by atoms with van der Waals surface area (Å²) in [5.41, 5.74) is 1.24. The van der Waals surface area contributed by atoms with Crippen molar-refractivity contribution in [2.45, 2.75) is 58.3 Å². The highest BCUT2D eigenvalue weighted by molar-refractivity contribution is 5.95. The number of nitrogens with one attached hydrogen (secondary N) is 2. The van der Waals surface area contributed by atoms with Gasteiger partial charge in [0.25, 0.3) is 5.91 Å². The fourth-order valence-electron chi connectivity index (χ4n) is 3.33. The van der Waals surface area contributed by atoms with Gasteiger partial charge in [-0.05, 0) is 50.8 Å². The van der Waals surface area contributed by atoms with Crippen LogP contribution < -0.4 is 10.6 Å². The van der Waals surface area contributed by atoms with Gasteiger partial charge in [0.15, 0.2) is 5.76 Å². The second-order valence-corrected chi connectivity index (χ2v) is 7.56. The van der Waals surface area contributed by atoms with Crippen molar-refractivity contribution in [1.82, 2.24) is 15.5 Å². The maximum atomic E-state index is 12.5. The van der Waals surface area contributed by atoms with Crippen molar-refractivity contribution < 1.29 is 14.0 Å². The first-order valence-corrected chi connectivity index (χ1v) is 9.98. The van der Waals surface area contributed by atoms with Gasteiger partial charge in [-0.2, -0.15) is 0 Å². The Morgan fingerprint density at radius 3 is 2.71 bits per heavy atom. The van der Waals surface area contributed by atoms with E-state index in [0.29, 0.717) is 25.6 Å². The van der Waals surface area contributed by atoms with Crippen LogP contribution in [0.5, 0.6) is 0 Å². The van der Waals surface area contributed by atoms with Crippen LogP contribution >= 0.6 is 0 Å². The van der Waals surface area contributed by atoms with E-state index in [-0.39, 0.29) is 17.6 Å². The maximum Gasteiger partial charge on any atom is 0.287 e. The molecule has 2 heterocycles. The molecule has 0 aliphatic carbocycles. The van der Waals surface area contributed by atoms with Crippen molar-refractivity contribution in [3.8, 4) is 0 Å². The van der Waals surface area contributed by atoms with E-state index < -0.39 is 6.04 Å². The van der Waals surface area contributed by atoms with Gasteiger partial charge in [0.05, 0.1) is 6.54 Å². The molecule has 0 radical (unpaired) electrons. The summed E-state index contributed by atoms with van der Waals surface area (Å²) in [6.45, 7) is 6.38. The number of nitrogens with zero attached hydrogens (tertiary/aromatic N) is 1. The molecule has 2 amide bonds. The van der Waals surface area contributed by atoms with Crippen LogP contribution in [0.2, 0.25) is 0 Å². The first kappa shape index (κ1) is 20.1. The molecular formula is C22H29N3O3. The van der Waals surface area contributed by atoms with Crippen LogP contribution in [-0.4, -0.2) is 35.3 Å². The lowest BCUT2D eigenvalue weighted by molar-refractivity contribution is -0.122. The molecule has 150 valence electrons. The summed E-state index contributed by atoms with van der Waals surface area (Å²) in [6, 6.07) is 13.6. The molecule has 2 N–H and O–H groups in total. The Labute approximate surface area is 166 Å². The number of carbonyl (C=O) groups is 2. The lowest BCUT2D eigenvalue weighted by atomic mass is 10.1. The molecule has 1 unspecified atom stereocenters. The highest BCUT2D eigenvalue weighted by atomic mass is 16.4. The molecule has 1 aromatic heterocycles. The molecule has 28 heavy (non-hydrogen) atoms. The summed E-state index contributed by atoms with van der Waals surface area (Å²) >= 11 is 0. The first-order valence-electron chi connectivity index (χ1n) is 9.98. The van der Waals surface area contributed by atoms with Crippen molar-refractivity contribution in [1.29, 1.82) is 0 Å². The predicted octanol–water partition coefficient (Wildman–Crippen LogP) is 3.09. The smallest absolute Gasteiger partial charge is 0.287 e. The van der Waals surface area contributed by atoms with Crippen molar-refractivity contribution >= 4 is 11.8 Å². The molecule has 1 aliphatic rings. The van der Waals surface area contributed by atoms with Gasteiger partial charge < -0.3 is 15.1 Å². The first-order chi connectivity index (χ1) is 13.5. The number of hydrogen-bond donors (Lipinski definition) is 2. The van der Waals surface area contributed by atoms with E-state index in [2.05, 4.69) is 41.5 Å². The minimum Gasteiger partial charge on any atom is -0.455 e. The monoisotopic (exact) mass is 383 g/mol. The highest BCUT2D eigenvalue weighted by Crippen LogP contribution is 2.16. The molecule has 0 spiro atoms. The van der Waals surface area contributed by atoms with Gasteiger partial charge in [0.1, 0.15) is 11.8 Å². The average molecular weight is 383 g/mol. The zero-order chi connectivity index (χ0) is 19.9. The Morgan fingerprint density at radius 1 is 1.18 bits per heavy atom. The maximum absolute atomic E-state index is 12.5. The summed E-state index contributed by atoms with van der Waals surface area (Å²) in [4.78, 5) is 26.8. The fraction of sp³-hybridized carbons (Fsp3) is 0.455. The molecule has 0 bridgehead atoms. The average Bonchev–Trinajstić information content (AvgIpc) is 3.06. The van der Waals surface area contributed by atoms with Crippen LogP contribution in [-0.2, 0) is 17.9 Å². The molecule has 2 aromatic rings. The van der Waals surface area contributed by atoms with Gasteiger partial charge in [0, 0.05) is 19.1 Å². The summed E-state index contributed by atoms with van der Waals surface area (Å²) in [7, 11) is 0. The zero-order valence-corrected chi connectivity index (χ0v) is 16.6. The Morgan fingerprint density at radius 2 is 1.96 bits per heavy atom. The number of furan rings is 1. The van der Waals surface area contributed by atoms with Crippen LogP contribution in [0.25, 0.3) is 0 Å². The van der Waals surface area contributed by atoms with Gasteiger partial charge in [0.2, 0.25) is 5.91 Å². The summed E-state index contributed by atoms with van der Waals surface area (Å²) in [5, 5.41) is 5.62. The largest absolute Gasteiger partial charge is 0.455 e. The van der Waals surface area contributed by atoms with Crippen molar-refractivity contribution in [2.24, 2.45) is 0 Å². The normalized spacial score (nSPS) is 17.4. The van der Waals surface area contributed by atoms with Crippen molar-refractivity contribution in [3.05, 3.63) is 59.5 Å². The van der Waals surface area contributed by atoms with Crippen LogP contribution in [0.15, 0.2) is 46.9 Å². The summed E-state index contributed by atoms with van der Waals surface area (Å²) < 4.78 is 5.79. The quantitative estimate of drug-likeness (QED) is 0.771. The van der Waals surface area contributed by atoms with E-state index in [1.54, 1.807) is 6.07 Å². The molecule has 1 saturated heterocycles. The third-order valence-corrected chi connectivity index (χ3v) is 5.04. The third-order valence-electron chi connectivity index (χ3n) is 5.04. The zero-order valence-electron chi connectivity index (χ0n) is 16.6. The third kappa shape index (κ3) is 5.45. The van der Waals surface area contributed by atoms with E-state index in [4.69, 9.17) is 4.42 Å². The van der Waals surface area contributed by atoms with Gasteiger partial charge in [-0.15, -0.1) is 0 Å². The van der Waals surface area contributed by atoms with E-state index in [0.717, 1.165) is 25.1 Å². The van der Waals surface area contributed by atoms with Gasteiger partial charge in [-0.25, -0.2) is 0 Å². The highest BCUT2D eigenvalue weighted by Gasteiger charge is 2.24. The van der Waals surface area contributed by atoms with Crippen LogP contribution in [0.4, 0.5) is 0 Å².